The van der Waals surface area contributed by atoms with Crippen LogP contribution < -0.4 is 0 Å². The number of hydrogen-bond donors (Lipinski definition) is 0. The van der Waals surface area contributed by atoms with Crippen molar-refractivity contribution in [2.45, 2.75) is 32.2 Å². The fourth-order valence-electron chi connectivity index (χ4n) is 2.58. The lowest BCUT2D eigenvalue weighted by atomic mass is 9.88. The highest BCUT2D eigenvalue weighted by Gasteiger charge is 2.19. The van der Waals surface area contributed by atoms with Crippen LogP contribution in [0.5, 0.6) is 0 Å². The normalized spacial score (nSPS) is 17.6. The van der Waals surface area contributed by atoms with Gasteiger partial charge in [0.15, 0.2) is 0 Å². The van der Waals surface area contributed by atoms with Crippen molar-refractivity contribution in [3.8, 4) is 0 Å². The fourth-order valence-corrected chi connectivity index (χ4v) is 2.58. The molecule has 0 spiro atoms. The van der Waals surface area contributed by atoms with E-state index in [4.69, 9.17) is 0 Å². The van der Waals surface area contributed by atoms with E-state index in [-0.39, 0.29) is 0 Å². The van der Waals surface area contributed by atoms with E-state index in [0.717, 1.165) is 38.8 Å². The molecule has 92 valence electrons. The van der Waals surface area contributed by atoms with Crippen molar-refractivity contribution >= 4 is 5.78 Å². The van der Waals surface area contributed by atoms with E-state index >= 15 is 0 Å². The van der Waals surface area contributed by atoms with E-state index < -0.39 is 0 Å². The van der Waals surface area contributed by atoms with Crippen molar-refractivity contribution in [3.63, 3.8) is 0 Å². The van der Waals surface area contributed by atoms with Crippen molar-refractivity contribution in [3.05, 3.63) is 35.9 Å². The average molecular weight is 231 g/mol. The van der Waals surface area contributed by atoms with E-state index in [1.54, 1.807) is 0 Å². The molecule has 17 heavy (non-hydrogen) atoms. The second-order valence-electron chi connectivity index (χ2n) is 5.16. The summed E-state index contributed by atoms with van der Waals surface area (Å²) < 4.78 is 0. The number of carbonyl (C=O) groups excluding carboxylic acids is 1. The van der Waals surface area contributed by atoms with Gasteiger partial charge in [0.2, 0.25) is 0 Å². The Morgan fingerprint density at radius 2 is 1.82 bits per heavy atom. The number of hydrogen-bond acceptors (Lipinski definition) is 2. The molecule has 0 N–H and O–H groups in total. The number of nitrogens with zero attached hydrogens (tertiary/aromatic N) is 1. The van der Waals surface area contributed by atoms with Gasteiger partial charge in [0, 0.05) is 25.9 Å². The molecule has 1 saturated carbocycles. The van der Waals surface area contributed by atoms with Crippen LogP contribution in [0.15, 0.2) is 30.3 Å². The van der Waals surface area contributed by atoms with Gasteiger partial charge in [0.1, 0.15) is 5.78 Å². The number of rotatable bonds is 4. The molecular formula is C15H21NO. The molecule has 2 nitrogen and oxygen atoms in total. The molecular weight excluding hydrogens is 210 g/mol. The fraction of sp³-hybridized carbons (Fsp3) is 0.533. The van der Waals surface area contributed by atoms with Crippen LogP contribution in [-0.4, -0.2) is 24.3 Å². The van der Waals surface area contributed by atoms with Gasteiger partial charge in [-0.1, -0.05) is 30.3 Å². The molecule has 0 heterocycles. The molecule has 0 bridgehead atoms. The molecule has 2 rings (SSSR count). The van der Waals surface area contributed by atoms with E-state index in [2.05, 4.69) is 42.3 Å². The van der Waals surface area contributed by atoms with E-state index in [0.29, 0.717) is 11.7 Å². The minimum Gasteiger partial charge on any atom is -0.302 e. The van der Waals surface area contributed by atoms with Crippen molar-refractivity contribution in [2.75, 3.05) is 13.6 Å². The summed E-state index contributed by atoms with van der Waals surface area (Å²) in [5.41, 5.74) is 1.36. The van der Waals surface area contributed by atoms with Crippen LogP contribution in [0.3, 0.4) is 0 Å². The third-order valence-corrected chi connectivity index (χ3v) is 3.53. The van der Waals surface area contributed by atoms with Crippen LogP contribution in [0.1, 0.15) is 31.2 Å². The SMILES string of the molecule is CN(Cc1ccccc1)CC1CCC(=O)CC1. The van der Waals surface area contributed by atoms with E-state index in [1.165, 1.54) is 5.56 Å². The quantitative estimate of drug-likeness (QED) is 0.794. The average Bonchev–Trinajstić information content (AvgIpc) is 2.33. The van der Waals surface area contributed by atoms with Gasteiger partial charge in [-0.05, 0) is 31.4 Å². The molecule has 1 fully saturated rings. The molecule has 0 unspecified atom stereocenters. The molecule has 2 heteroatoms. The number of ketones is 1. The summed E-state index contributed by atoms with van der Waals surface area (Å²) in [5, 5.41) is 0. The largest absolute Gasteiger partial charge is 0.302 e. The summed E-state index contributed by atoms with van der Waals surface area (Å²) in [6.45, 7) is 2.12. The van der Waals surface area contributed by atoms with Crippen LogP contribution >= 0.6 is 0 Å². The standard InChI is InChI=1S/C15H21NO/c1-16(11-13-5-3-2-4-6-13)12-14-7-9-15(17)10-8-14/h2-6,14H,7-12H2,1H3. The smallest absolute Gasteiger partial charge is 0.132 e. The molecule has 1 aromatic carbocycles. The summed E-state index contributed by atoms with van der Waals surface area (Å²) in [5.74, 6) is 1.16. The number of benzene rings is 1. The summed E-state index contributed by atoms with van der Waals surface area (Å²) in [6.07, 6.45) is 3.75. The maximum absolute atomic E-state index is 11.2. The van der Waals surface area contributed by atoms with Crippen LogP contribution in [0.4, 0.5) is 0 Å². The predicted molar refractivity (Wildman–Crippen MR) is 69.7 cm³/mol. The summed E-state index contributed by atoms with van der Waals surface area (Å²) in [6, 6.07) is 10.6. The van der Waals surface area contributed by atoms with Crippen LogP contribution in [0.25, 0.3) is 0 Å². The zero-order chi connectivity index (χ0) is 12.1. The first kappa shape index (κ1) is 12.3. The molecule has 0 atom stereocenters. The summed E-state index contributed by atoms with van der Waals surface area (Å²) >= 11 is 0. The molecule has 1 aliphatic carbocycles. The van der Waals surface area contributed by atoms with Crippen molar-refractivity contribution < 1.29 is 4.79 Å². The first-order chi connectivity index (χ1) is 8.24. The number of carbonyl (C=O) groups is 1. The van der Waals surface area contributed by atoms with Crippen LogP contribution in [0, 0.1) is 5.92 Å². The monoisotopic (exact) mass is 231 g/mol. The molecule has 0 aliphatic heterocycles. The van der Waals surface area contributed by atoms with Crippen molar-refractivity contribution in [1.82, 2.24) is 4.90 Å². The first-order valence-electron chi connectivity index (χ1n) is 6.48. The maximum Gasteiger partial charge on any atom is 0.132 e. The Labute approximate surface area is 104 Å². The Kier molecular flexibility index (Phi) is 4.32. The van der Waals surface area contributed by atoms with Gasteiger partial charge < -0.3 is 4.90 Å². The third kappa shape index (κ3) is 3.97. The Morgan fingerprint density at radius 1 is 1.18 bits per heavy atom. The minimum atomic E-state index is 0.451. The minimum absolute atomic E-state index is 0.451. The topological polar surface area (TPSA) is 20.3 Å². The second kappa shape index (κ2) is 5.97. The van der Waals surface area contributed by atoms with Crippen molar-refractivity contribution in [1.29, 1.82) is 0 Å². The van der Waals surface area contributed by atoms with Gasteiger partial charge in [0.25, 0.3) is 0 Å². The Morgan fingerprint density at radius 3 is 2.47 bits per heavy atom. The molecule has 1 aromatic rings. The molecule has 0 amide bonds. The summed E-state index contributed by atoms with van der Waals surface area (Å²) in [4.78, 5) is 13.5. The van der Waals surface area contributed by atoms with Crippen LogP contribution in [-0.2, 0) is 11.3 Å². The highest BCUT2D eigenvalue weighted by Crippen LogP contribution is 2.22. The zero-order valence-corrected chi connectivity index (χ0v) is 10.6. The highest BCUT2D eigenvalue weighted by atomic mass is 16.1. The second-order valence-corrected chi connectivity index (χ2v) is 5.16. The molecule has 0 aromatic heterocycles. The Bertz CT molecular complexity index is 350. The zero-order valence-electron chi connectivity index (χ0n) is 10.6. The van der Waals surface area contributed by atoms with Gasteiger partial charge in [-0.3, -0.25) is 4.79 Å². The Hall–Kier alpha value is -1.15. The molecule has 0 saturated heterocycles. The van der Waals surface area contributed by atoms with Gasteiger partial charge in [-0.2, -0.15) is 0 Å². The van der Waals surface area contributed by atoms with E-state index in [9.17, 15) is 4.79 Å². The van der Waals surface area contributed by atoms with Gasteiger partial charge in [-0.15, -0.1) is 0 Å². The lowest BCUT2D eigenvalue weighted by molar-refractivity contribution is -0.121. The maximum atomic E-state index is 11.2. The van der Waals surface area contributed by atoms with Gasteiger partial charge >= 0.3 is 0 Å². The number of Topliss-reactive ketones (excluding diaryl/α,β-unsaturated/α-hetero) is 1. The lowest BCUT2D eigenvalue weighted by Crippen LogP contribution is -2.28. The summed E-state index contributed by atoms with van der Waals surface area (Å²) in [7, 11) is 2.17. The first-order valence-corrected chi connectivity index (χ1v) is 6.48. The lowest BCUT2D eigenvalue weighted by Gasteiger charge is -2.26. The Balaban J connectivity index is 1.77. The van der Waals surface area contributed by atoms with Crippen molar-refractivity contribution in [2.24, 2.45) is 5.92 Å². The predicted octanol–water partition coefficient (Wildman–Crippen LogP) is 2.88. The van der Waals surface area contributed by atoms with E-state index in [1.807, 2.05) is 0 Å². The third-order valence-electron chi connectivity index (χ3n) is 3.53. The molecule has 1 aliphatic rings. The van der Waals surface area contributed by atoms with Gasteiger partial charge in [0.05, 0.1) is 0 Å². The van der Waals surface area contributed by atoms with Gasteiger partial charge in [-0.25, -0.2) is 0 Å². The molecule has 0 radical (unpaired) electrons. The van der Waals surface area contributed by atoms with Crippen LogP contribution in [0.2, 0.25) is 0 Å². The highest BCUT2D eigenvalue weighted by molar-refractivity contribution is 5.79.